The average Bonchev–Trinajstić information content (AvgIpc) is 2.91. The fraction of sp³-hybridized carbons (Fsp3) is 0.619. The number of aliphatic hydroxyl groups excluding tert-OH is 1. The molecule has 0 aliphatic carbocycles. The number of aryl methyl sites for hydroxylation is 3. The summed E-state index contributed by atoms with van der Waals surface area (Å²) in [7, 11) is 0. The summed E-state index contributed by atoms with van der Waals surface area (Å²) in [5.74, 6) is 0. The van der Waals surface area contributed by atoms with Crippen LogP contribution in [0.5, 0.6) is 0 Å². The van der Waals surface area contributed by atoms with Gasteiger partial charge in [-0.3, -0.25) is 19.5 Å². The van der Waals surface area contributed by atoms with Crippen LogP contribution in [0.15, 0.2) is 18.2 Å². The molecule has 0 radical (unpaired) electrons. The van der Waals surface area contributed by atoms with Crippen LogP contribution in [0.4, 0.5) is 0 Å². The molecule has 0 bridgehead atoms. The molecule has 0 aromatic carbocycles. The molecule has 1 aliphatic heterocycles. The average molecular weight is 372 g/mol. The van der Waals surface area contributed by atoms with E-state index in [1.165, 1.54) is 11.3 Å². The molecule has 0 spiro atoms. The van der Waals surface area contributed by atoms with Crippen molar-refractivity contribution in [2.75, 3.05) is 26.2 Å². The maximum absolute atomic E-state index is 9.57. The molecule has 1 saturated heterocycles. The Morgan fingerprint density at radius 1 is 1.15 bits per heavy atom. The van der Waals surface area contributed by atoms with E-state index in [2.05, 4.69) is 57.5 Å². The molecule has 1 fully saturated rings. The van der Waals surface area contributed by atoms with E-state index in [0.717, 1.165) is 62.8 Å². The van der Waals surface area contributed by atoms with Gasteiger partial charge in [-0.05, 0) is 46.2 Å². The number of aliphatic hydroxyl groups is 1. The molecule has 0 amide bonds. The number of piperazine rings is 1. The van der Waals surface area contributed by atoms with Crippen LogP contribution in [0.2, 0.25) is 0 Å². The number of nitrogens with zero attached hydrogens (tertiary/aromatic N) is 5. The van der Waals surface area contributed by atoms with E-state index in [1.807, 2.05) is 13.0 Å². The maximum Gasteiger partial charge on any atom is 0.0641 e. The summed E-state index contributed by atoms with van der Waals surface area (Å²) in [4.78, 5) is 9.64. The Morgan fingerprint density at radius 3 is 2.63 bits per heavy atom. The van der Waals surface area contributed by atoms with Crippen LogP contribution < -0.4 is 0 Å². The molecule has 1 N–H and O–H groups in total. The van der Waals surface area contributed by atoms with Crippen LogP contribution in [0, 0.1) is 20.8 Å². The predicted octanol–water partition coefficient (Wildman–Crippen LogP) is 2.29. The van der Waals surface area contributed by atoms with Crippen molar-refractivity contribution >= 4 is 0 Å². The van der Waals surface area contributed by atoms with E-state index in [0.29, 0.717) is 6.04 Å². The van der Waals surface area contributed by atoms with Gasteiger partial charge in [0.05, 0.1) is 11.4 Å². The van der Waals surface area contributed by atoms with Gasteiger partial charge in [0.15, 0.2) is 0 Å². The number of hydrogen-bond donors (Lipinski definition) is 1. The van der Waals surface area contributed by atoms with Gasteiger partial charge in [0.2, 0.25) is 0 Å². The highest BCUT2D eigenvalue weighted by atomic mass is 16.3. The Bertz CT molecular complexity index is 757. The summed E-state index contributed by atoms with van der Waals surface area (Å²) >= 11 is 0. The predicted molar refractivity (Wildman–Crippen MR) is 108 cm³/mol. The van der Waals surface area contributed by atoms with E-state index >= 15 is 0 Å². The Hall–Kier alpha value is -1.76. The summed E-state index contributed by atoms with van der Waals surface area (Å²) in [6, 6.07) is 6.56. The molecular weight excluding hydrogens is 338 g/mol. The lowest BCUT2D eigenvalue weighted by molar-refractivity contribution is 0.0489. The van der Waals surface area contributed by atoms with E-state index in [1.54, 1.807) is 0 Å². The third-order valence-corrected chi connectivity index (χ3v) is 5.67. The minimum atomic E-state index is 0.224. The normalized spacial score (nSPS) is 18.9. The molecule has 6 nitrogen and oxygen atoms in total. The van der Waals surface area contributed by atoms with Crippen molar-refractivity contribution in [1.29, 1.82) is 0 Å². The Labute approximate surface area is 162 Å². The van der Waals surface area contributed by atoms with Gasteiger partial charge >= 0.3 is 0 Å². The second kappa shape index (κ2) is 8.95. The molecule has 27 heavy (non-hydrogen) atoms. The van der Waals surface area contributed by atoms with Crippen molar-refractivity contribution in [3.8, 4) is 0 Å². The van der Waals surface area contributed by atoms with Gasteiger partial charge in [0.25, 0.3) is 0 Å². The lowest BCUT2D eigenvalue weighted by Crippen LogP contribution is -2.52. The minimum absolute atomic E-state index is 0.224. The third kappa shape index (κ3) is 4.75. The number of hydrogen-bond acceptors (Lipinski definition) is 5. The van der Waals surface area contributed by atoms with Gasteiger partial charge in [0.1, 0.15) is 0 Å². The van der Waals surface area contributed by atoms with E-state index in [9.17, 15) is 5.11 Å². The second-order valence-electron chi connectivity index (χ2n) is 7.61. The van der Waals surface area contributed by atoms with Gasteiger partial charge in [-0.2, -0.15) is 5.10 Å². The van der Waals surface area contributed by atoms with E-state index < -0.39 is 0 Å². The maximum atomic E-state index is 9.57. The molecule has 2 aromatic rings. The fourth-order valence-electron chi connectivity index (χ4n) is 4.12. The van der Waals surface area contributed by atoms with E-state index in [4.69, 9.17) is 0 Å². The SMILES string of the molecule is CCn1nc(C)c(CN2CCN(Cc3cccc(C)n3)[C@H](CCO)C2)c1C. The molecule has 1 aliphatic rings. The standard InChI is InChI=1S/C21H33N5O/c1-5-26-18(4)21(17(3)23-26)15-24-10-11-25(20(14-24)9-12-27)13-19-8-6-7-16(2)22-19/h6-8,20,27H,5,9-15H2,1-4H3/t20-/m1/s1. The monoisotopic (exact) mass is 371 g/mol. The number of rotatable bonds is 7. The zero-order valence-electron chi connectivity index (χ0n) is 17.1. The largest absolute Gasteiger partial charge is 0.396 e. The van der Waals surface area contributed by atoms with Gasteiger partial charge < -0.3 is 5.11 Å². The fourth-order valence-corrected chi connectivity index (χ4v) is 4.12. The third-order valence-electron chi connectivity index (χ3n) is 5.67. The molecule has 148 valence electrons. The van der Waals surface area contributed by atoms with Crippen LogP contribution in [-0.2, 0) is 19.6 Å². The summed E-state index contributed by atoms with van der Waals surface area (Å²) in [5.41, 5.74) is 5.94. The van der Waals surface area contributed by atoms with Crippen molar-refractivity contribution < 1.29 is 5.11 Å². The minimum Gasteiger partial charge on any atom is -0.396 e. The lowest BCUT2D eigenvalue weighted by Gasteiger charge is -2.41. The van der Waals surface area contributed by atoms with Crippen molar-refractivity contribution in [1.82, 2.24) is 24.6 Å². The molecule has 3 heterocycles. The smallest absolute Gasteiger partial charge is 0.0641 e. The van der Waals surface area contributed by atoms with Crippen LogP contribution in [0.3, 0.4) is 0 Å². The highest BCUT2D eigenvalue weighted by molar-refractivity contribution is 5.24. The van der Waals surface area contributed by atoms with Gasteiger partial charge in [-0.15, -0.1) is 0 Å². The highest BCUT2D eigenvalue weighted by Gasteiger charge is 2.28. The van der Waals surface area contributed by atoms with Crippen molar-refractivity contribution in [2.45, 2.75) is 59.8 Å². The zero-order valence-corrected chi connectivity index (χ0v) is 17.1. The zero-order chi connectivity index (χ0) is 19.4. The molecule has 6 heteroatoms. The van der Waals surface area contributed by atoms with Crippen molar-refractivity contribution in [2.24, 2.45) is 0 Å². The van der Waals surface area contributed by atoms with Crippen LogP contribution >= 0.6 is 0 Å². The summed E-state index contributed by atoms with van der Waals surface area (Å²) in [5, 5.41) is 14.2. The Balaban J connectivity index is 1.67. The Kier molecular flexibility index (Phi) is 6.63. The van der Waals surface area contributed by atoms with Crippen LogP contribution in [0.1, 0.15) is 41.7 Å². The first-order chi connectivity index (χ1) is 13.0. The Morgan fingerprint density at radius 2 is 1.96 bits per heavy atom. The first-order valence-corrected chi connectivity index (χ1v) is 10.0. The first kappa shape index (κ1) is 20.0. The van der Waals surface area contributed by atoms with Crippen LogP contribution in [-0.4, -0.2) is 62.0 Å². The van der Waals surface area contributed by atoms with Crippen molar-refractivity contribution in [3.63, 3.8) is 0 Å². The summed E-state index contributed by atoms with van der Waals surface area (Å²) in [6.45, 7) is 14.4. The molecule has 0 saturated carbocycles. The highest BCUT2D eigenvalue weighted by Crippen LogP contribution is 2.21. The van der Waals surface area contributed by atoms with Crippen molar-refractivity contribution in [3.05, 3.63) is 46.5 Å². The number of pyridine rings is 1. The van der Waals surface area contributed by atoms with Gasteiger partial charge in [-0.25, -0.2) is 0 Å². The van der Waals surface area contributed by atoms with Crippen LogP contribution in [0.25, 0.3) is 0 Å². The molecular formula is C21H33N5O. The quantitative estimate of drug-likeness (QED) is 0.809. The first-order valence-electron chi connectivity index (χ1n) is 10.0. The number of aromatic nitrogens is 3. The molecule has 3 rings (SSSR count). The summed E-state index contributed by atoms with van der Waals surface area (Å²) < 4.78 is 2.09. The summed E-state index contributed by atoms with van der Waals surface area (Å²) in [6.07, 6.45) is 0.800. The van der Waals surface area contributed by atoms with Gasteiger partial charge in [0, 0.05) is 68.9 Å². The lowest BCUT2D eigenvalue weighted by atomic mass is 10.1. The molecule has 0 unspecified atom stereocenters. The van der Waals surface area contributed by atoms with E-state index in [-0.39, 0.29) is 6.61 Å². The second-order valence-corrected chi connectivity index (χ2v) is 7.61. The topological polar surface area (TPSA) is 57.4 Å². The molecule has 1 atom stereocenters. The van der Waals surface area contributed by atoms with Gasteiger partial charge in [-0.1, -0.05) is 6.07 Å². The molecule has 2 aromatic heterocycles.